The minimum absolute atomic E-state index is 0.137. The maximum absolute atomic E-state index is 12.0. The Balaban J connectivity index is 0.00000232. The van der Waals surface area contributed by atoms with Crippen molar-refractivity contribution in [3.8, 4) is 12.3 Å². The molecule has 23 heavy (non-hydrogen) atoms. The summed E-state index contributed by atoms with van der Waals surface area (Å²) in [5.74, 6) is 1.97. The molecule has 0 aromatic heterocycles. The molecule has 1 aromatic carbocycles. The van der Waals surface area contributed by atoms with Crippen molar-refractivity contribution in [1.29, 1.82) is 0 Å². The van der Waals surface area contributed by atoms with E-state index in [0.717, 1.165) is 19.3 Å². The molecule has 5 nitrogen and oxygen atoms in total. The second-order valence-electron chi connectivity index (χ2n) is 4.52. The average Bonchev–Trinajstić information content (AvgIpc) is 2.58. The molecular weight excluding hydrogens is 312 g/mol. The maximum Gasteiger partial charge on any atom is 0.252 e. The minimum Gasteiger partial charge on any atom is -0.341 e. The molecule has 0 unspecified atom stereocenters. The molecule has 1 aromatic rings. The number of sulfonamides is 1. The largest absolute Gasteiger partial charge is 0.341 e. The lowest BCUT2D eigenvalue weighted by Gasteiger charge is -2.07. The number of unbranched alkanes of at least 4 members (excludes halogenated alkanes) is 2. The lowest BCUT2D eigenvalue weighted by molar-refractivity contribution is 0.0958. The predicted molar refractivity (Wildman–Crippen MR) is 93.7 cm³/mol. The van der Waals surface area contributed by atoms with E-state index in [2.05, 4.69) is 22.9 Å². The van der Waals surface area contributed by atoms with Gasteiger partial charge in [-0.15, -0.1) is 6.42 Å². The molecule has 128 valence electrons. The zero-order valence-corrected chi connectivity index (χ0v) is 14.9. The predicted octanol–water partition coefficient (Wildman–Crippen LogP) is 2.54. The molecule has 6 heteroatoms. The fourth-order valence-corrected chi connectivity index (χ4v) is 2.76. The van der Waals surface area contributed by atoms with Gasteiger partial charge in [0.25, 0.3) is 5.91 Å². The summed E-state index contributed by atoms with van der Waals surface area (Å²) >= 11 is 0. The summed E-state index contributed by atoms with van der Waals surface area (Å²) in [4.78, 5) is 11.8. The number of carbonyl (C=O) groups excluding carboxylic acids is 1. The number of terminal acetylenes is 1. The molecule has 0 aliphatic carbocycles. The van der Waals surface area contributed by atoms with Crippen LogP contribution in [-0.4, -0.2) is 27.4 Å². The average molecular weight is 338 g/mol. The number of hydrogen-bond acceptors (Lipinski definition) is 3. The highest BCUT2D eigenvalue weighted by molar-refractivity contribution is 7.89. The Hall–Kier alpha value is -1.84. The van der Waals surface area contributed by atoms with Gasteiger partial charge in [-0.05, 0) is 30.7 Å². The van der Waals surface area contributed by atoms with Crippen LogP contribution in [0, 0.1) is 12.3 Å². The van der Waals surface area contributed by atoms with Gasteiger partial charge in [0.05, 0.1) is 11.4 Å². The van der Waals surface area contributed by atoms with Gasteiger partial charge in [0.1, 0.15) is 0 Å². The van der Waals surface area contributed by atoms with Gasteiger partial charge in [0.15, 0.2) is 0 Å². The summed E-state index contributed by atoms with van der Waals surface area (Å²) in [6.07, 6.45) is 7.87. The van der Waals surface area contributed by atoms with E-state index in [4.69, 9.17) is 6.42 Å². The van der Waals surface area contributed by atoms with Crippen LogP contribution in [0.2, 0.25) is 0 Å². The third-order valence-electron chi connectivity index (χ3n) is 2.85. The Kier molecular flexibility index (Phi) is 10.8. The quantitative estimate of drug-likeness (QED) is 0.565. The van der Waals surface area contributed by atoms with Crippen LogP contribution in [0.1, 0.15) is 50.4 Å². The Labute approximate surface area is 139 Å². The first-order valence-corrected chi connectivity index (χ1v) is 9.31. The third-order valence-corrected chi connectivity index (χ3v) is 4.33. The monoisotopic (exact) mass is 338 g/mol. The van der Waals surface area contributed by atoms with Crippen molar-refractivity contribution in [2.45, 2.75) is 44.9 Å². The number of amides is 1. The van der Waals surface area contributed by atoms with E-state index in [9.17, 15) is 13.2 Å². The zero-order valence-electron chi connectivity index (χ0n) is 14.1. The van der Waals surface area contributed by atoms with Gasteiger partial charge in [-0.25, -0.2) is 13.1 Å². The van der Waals surface area contributed by atoms with Crippen LogP contribution in [-0.2, 0) is 10.0 Å². The summed E-state index contributed by atoms with van der Waals surface area (Å²) in [7, 11) is -3.51. The van der Waals surface area contributed by atoms with Crippen molar-refractivity contribution < 1.29 is 13.2 Å². The van der Waals surface area contributed by atoms with E-state index >= 15 is 0 Å². The number of nitrogens with one attached hydrogen (secondary N) is 2. The van der Waals surface area contributed by atoms with Crippen LogP contribution in [0.3, 0.4) is 0 Å². The van der Waals surface area contributed by atoms with E-state index in [-0.39, 0.29) is 17.3 Å². The topological polar surface area (TPSA) is 75.3 Å². The van der Waals surface area contributed by atoms with Crippen molar-refractivity contribution in [2.75, 3.05) is 13.1 Å². The number of rotatable bonds is 8. The molecule has 0 spiro atoms. The van der Waals surface area contributed by atoms with E-state index in [0.29, 0.717) is 12.1 Å². The van der Waals surface area contributed by atoms with E-state index in [1.165, 1.54) is 24.3 Å². The second-order valence-corrected chi connectivity index (χ2v) is 6.28. The summed E-state index contributed by atoms with van der Waals surface area (Å²) in [5, 5.41) is 2.52. The molecule has 1 amide bonds. The minimum atomic E-state index is -3.51. The SMILES string of the molecule is C#CCNC(=O)c1ccc(S(=O)(=O)NCCCCC)cc1.CC. The van der Waals surface area contributed by atoms with Gasteiger partial charge in [-0.1, -0.05) is 39.5 Å². The first-order valence-electron chi connectivity index (χ1n) is 7.82. The molecule has 2 N–H and O–H groups in total. The lowest BCUT2D eigenvalue weighted by Crippen LogP contribution is -2.25. The summed E-state index contributed by atoms with van der Waals surface area (Å²) in [6, 6.07) is 5.75. The zero-order chi connectivity index (χ0) is 17.7. The van der Waals surface area contributed by atoms with Gasteiger partial charge in [-0.2, -0.15) is 0 Å². The van der Waals surface area contributed by atoms with E-state index in [1.54, 1.807) is 0 Å². The Bertz CT molecular complexity index is 602. The summed E-state index contributed by atoms with van der Waals surface area (Å²) in [5.41, 5.74) is 0.371. The van der Waals surface area contributed by atoms with Crippen LogP contribution < -0.4 is 10.0 Å². The smallest absolute Gasteiger partial charge is 0.252 e. The molecule has 0 fully saturated rings. The molecule has 0 saturated carbocycles. The molecule has 0 bridgehead atoms. The molecule has 0 aliphatic rings. The van der Waals surface area contributed by atoms with Gasteiger partial charge < -0.3 is 5.32 Å². The van der Waals surface area contributed by atoms with Crippen LogP contribution in [0.15, 0.2) is 29.2 Å². The molecule has 0 radical (unpaired) electrons. The number of carbonyl (C=O) groups is 1. The normalized spacial score (nSPS) is 10.2. The summed E-state index contributed by atoms with van der Waals surface area (Å²) < 4.78 is 26.6. The highest BCUT2D eigenvalue weighted by Gasteiger charge is 2.14. The molecule has 0 heterocycles. The first kappa shape index (κ1) is 21.2. The van der Waals surface area contributed by atoms with Crippen LogP contribution in [0.4, 0.5) is 0 Å². The van der Waals surface area contributed by atoms with Crippen LogP contribution in [0.5, 0.6) is 0 Å². The summed E-state index contributed by atoms with van der Waals surface area (Å²) in [6.45, 7) is 6.61. The standard InChI is InChI=1S/C15H20N2O3S.C2H6/c1-3-5-6-12-17-21(19,20)14-9-7-13(8-10-14)15(18)16-11-4-2;1-2/h2,7-10,17H,3,5-6,11-12H2,1H3,(H,16,18);1-2H3. The molecule has 1 rings (SSSR count). The third kappa shape index (κ3) is 7.82. The van der Waals surface area contributed by atoms with Crippen molar-refractivity contribution in [2.24, 2.45) is 0 Å². The van der Waals surface area contributed by atoms with Gasteiger partial charge >= 0.3 is 0 Å². The molecule has 0 aliphatic heterocycles. The highest BCUT2D eigenvalue weighted by atomic mass is 32.2. The van der Waals surface area contributed by atoms with Gasteiger partial charge in [-0.3, -0.25) is 4.79 Å². The fourth-order valence-electron chi connectivity index (χ4n) is 1.68. The molecule has 0 saturated heterocycles. The van der Waals surface area contributed by atoms with Gasteiger partial charge in [0.2, 0.25) is 10.0 Å². The van der Waals surface area contributed by atoms with E-state index in [1.807, 2.05) is 13.8 Å². The molecule has 0 atom stereocenters. The number of benzene rings is 1. The van der Waals surface area contributed by atoms with Crippen molar-refractivity contribution >= 4 is 15.9 Å². The Morgan fingerprint density at radius 2 is 1.78 bits per heavy atom. The highest BCUT2D eigenvalue weighted by Crippen LogP contribution is 2.10. The fraction of sp³-hybridized carbons (Fsp3) is 0.471. The van der Waals surface area contributed by atoms with Crippen LogP contribution >= 0.6 is 0 Å². The van der Waals surface area contributed by atoms with Crippen molar-refractivity contribution in [3.63, 3.8) is 0 Å². The maximum atomic E-state index is 12.0. The van der Waals surface area contributed by atoms with Crippen molar-refractivity contribution in [3.05, 3.63) is 29.8 Å². The van der Waals surface area contributed by atoms with Crippen LogP contribution in [0.25, 0.3) is 0 Å². The molecular formula is C17H26N2O3S. The van der Waals surface area contributed by atoms with Crippen molar-refractivity contribution in [1.82, 2.24) is 10.0 Å². The van der Waals surface area contributed by atoms with Gasteiger partial charge in [0, 0.05) is 12.1 Å². The Morgan fingerprint density at radius 3 is 2.30 bits per heavy atom. The Morgan fingerprint density at radius 1 is 1.17 bits per heavy atom. The first-order chi connectivity index (χ1) is 11.0. The van der Waals surface area contributed by atoms with E-state index < -0.39 is 10.0 Å². The number of hydrogen-bond donors (Lipinski definition) is 2. The second kappa shape index (κ2) is 11.7. The lowest BCUT2D eigenvalue weighted by atomic mass is 10.2.